The van der Waals surface area contributed by atoms with Crippen LogP contribution in [0.2, 0.25) is 0 Å². The number of likely N-dealkylation sites (N-methyl/N-ethyl adjacent to an activating group) is 1. The minimum absolute atomic E-state index is 0.0556. The first-order valence-electron chi connectivity index (χ1n) is 7.03. The molecule has 0 saturated carbocycles. The van der Waals surface area contributed by atoms with E-state index in [9.17, 15) is 9.18 Å². The zero-order valence-electron chi connectivity index (χ0n) is 12.5. The van der Waals surface area contributed by atoms with E-state index in [2.05, 4.69) is 0 Å². The maximum atomic E-state index is 12.9. The molecule has 22 heavy (non-hydrogen) atoms. The normalized spacial score (nSPS) is 13.6. The molecule has 0 fully saturated rings. The number of hydrogen-bond donors (Lipinski definition) is 0. The fourth-order valence-corrected chi connectivity index (χ4v) is 2.46. The van der Waals surface area contributed by atoms with Crippen molar-refractivity contribution in [3.05, 3.63) is 53.8 Å². The number of nitrogens with zero attached hydrogens (tertiary/aromatic N) is 2. The van der Waals surface area contributed by atoms with Crippen molar-refractivity contribution in [3.8, 4) is 5.75 Å². The van der Waals surface area contributed by atoms with Crippen LogP contribution in [0.5, 0.6) is 5.75 Å². The van der Waals surface area contributed by atoms with Crippen LogP contribution in [-0.4, -0.2) is 26.6 Å². The zero-order valence-corrected chi connectivity index (χ0v) is 12.5. The summed E-state index contributed by atoms with van der Waals surface area (Å²) in [4.78, 5) is 15.3. The molecule has 0 saturated heterocycles. The van der Waals surface area contributed by atoms with Gasteiger partial charge in [0, 0.05) is 32.4 Å². The van der Waals surface area contributed by atoms with E-state index in [1.165, 1.54) is 12.1 Å². The van der Waals surface area contributed by atoms with E-state index in [-0.39, 0.29) is 18.3 Å². The second kappa shape index (κ2) is 5.67. The molecule has 114 valence electrons. The first-order chi connectivity index (χ1) is 10.5. The molecule has 0 N–H and O–H groups in total. The summed E-state index contributed by atoms with van der Waals surface area (Å²) >= 11 is 0. The van der Waals surface area contributed by atoms with Crippen molar-refractivity contribution in [2.45, 2.75) is 6.54 Å². The van der Waals surface area contributed by atoms with Gasteiger partial charge in [0.2, 0.25) is 0 Å². The van der Waals surface area contributed by atoms with Gasteiger partial charge in [-0.05, 0) is 29.8 Å². The Labute approximate surface area is 128 Å². The highest BCUT2D eigenvalue weighted by Crippen LogP contribution is 2.34. The number of ether oxygens (including phenoxy) is 1. The lowest BCUT2D eigenvalue weighted by Crippen LogP contribution is -2.35. The van der Waals surface area contributed by atoms with Gasteiger partial charge in [-0.1, -0.05) is 12.1 Å². The Morgan fingerprint density at radius 2 is 1.95 bits per heavy atom. The van der Waals surface area contributed by atoms with E-state index in [1.54, 1.807) is 24.1 Å². The first kappa shape index (κ1) is 14.4. The lowest BCUT2D eigenvalue weighted by atomic mass is 10.1. The average molecular weight is 300 g/mol. The van der Waals surface area contributed by atoms with Crippen LogP contribution in [-0.2, 0) is 11.3 Å². The van der Waals surface area contributed by atoms with Crippen molar-refractivity contribution in [3.63, 3.8) is 0 Å². The predicted octanol–water partition coefficient (Wildman–Crippen LogP) is 2.82. The molecule has 0 spiro atoms. The third-order valence-electron chi connectivity index (χ3n) is 3.80. The van der Waals surface area contributed by atoms with E-state index in [4.69, 9.17) is 4.74 Å². The van der Waals surface area contributed by atoms with Crippen LogP contribution in [0, 0.1) is 5.82 Å². The maximum Gasteiger partial charge on any atom is 0.264 e. The minimum Gasteiger partial charge on any atom is -0.481 e. The first-order valence-corrected chi connectivity index (χ1v) is 7.03. The fourth-order valence-electron chi connectivity index (χ4n) is 2.46. The molecule has 3 rings (SSSR count). The third-order valence-corrected chi connectivity index (χ3v) is 3.80. The highest BCUT2D eigenvalue weighted by atomic mass is 19.1. The fraction of sp³-hybridized carbons (Fsp3) is 0.235. The molecule has 5 heteroatoms. The summed E-state index contributed by atoms with van der Waals surface area (Å²) in [6, 6.07) is 12.2. The molecule has 1 aliphatic rings. The highest BCUT2D eigenvalue weighted by Gasteiger charge is 2.22. The van der Waals surface area contributed by atoms with Crippen molar-refractivity contribution in [1.82, 2.24) is 0 Å². The largest absolute Gasteiger partial charge is 0.481 e. The number of fused-ring (bicyclic) bond motifs is 1. The van der Waals surface area contributed by atoms with E-state index in [1.807, 2.05) is 30.1 Å². The minimum atomic E-state index is -0.235. The lowest BCUT2D eigenvalue weighted by Gasteiger charge is -2.28. The summed E-state index contributed by atoms with van der Waals surface area (Å²) in [6.45, 7) is 0.725. The van der Waals surface area contributed by atoms with Crippen LogP contribution in [0.15, 0.2) is 42.5 Å². The Morgan fingerprint density at radius 3 is 2.68 bits per heavy atom. The monoisotopic (exact) mass is 300 g/mol. The number of amides is 1. The summed E-state index contributed by atoms with van der Waals surface area (Å²) in [7, 11) is 3.70. The molecule has 0 bridgehead atoms. The van der Waals surface area contributed by atoms with Crippen molar-refractivity contribution in [2.75, 3.05) is 30.5 Å². The molecule has 0 radical (unpaired) electrons. The lowest BCUT2D eigenvalue weighted by molar-refractivity contribution is -0.120. The van der Waals surface area contributed by atoms with Gasteiger partial charge in [-0.2, -0.15) is 0 Å². The summed E-state index contributed by atoms with van der Waals surface area (Å²) < 4.78 is 18.4. The maximum absolute atomic E-state index is 12.9. The van der Waals surface area contributed by atoms with Crippen molar-refractivity contribution in [2.24, 2.45) is 0 Å². The molecule has 1 heterocycles. The zero-order chi connectivity index (χ0) is 15.7. The quantitative estimate of drug-likeness (QED) is 0.874. The third kappa shape index (κ3) is 2.74. The molecule has 2 aromatic rings. The van der Waals surface area contributed by atoms with E-state index < -0.39 is 0 Å². The van der Waals surface area contributed by atoms with Gasteiger partial charge in [0.15, 0.2) is 6.61 Å². The smallest absolute Gasteiger partial charge is 0.264 e. The molecular weight excluding hydrogens is 283 g/mol. The van der Waals surface area contributed by atoms with Gasteiger partial charge >= 0.3 is 0 Å². The van der Waals surface area contributed by atoms with E-state index >= 15 is 0 Å². The number of hydrogen-bond acceptors (Lipinski definition) is 3. The number of benzene rings is 2. The molecule has 1 aliphatic heterocycles. The van der Waals surface area contributed by atoms with Gasteiger partial charge in [0.05, 0.1) is 5.69 Å². The average Bonchev–Trinajstić information content (AvgIpc) is 2.53. The van der Waals surface area contributed by atoms with Gasteiger partial charge in [0.1, 0.15) is 11.6 Å². The van der Waals surface area contributed by atoms with Gasteiger partial charge < -0.3 is 14.5 Å². The van der Waals surface area contributed by atoms with Crippen molar-refractivity contribution < 1.29 is 13.9 Å². The number of carbonyl (C=O) groups excluding carboxylic acids is 1. The predicted molar refractivity (Wildman–Crippen MR) is 83.9 cm³/mol. The molecule has 2 aromatic carbocycles. The van der Waals surface area contributed by atoms with Crippen LogP contribution in [0.25, 0.3) is 0 Å². The Bertz CT molecular complexity index is 700. The standard InChI is InChI=1S/C17H17FN2O2/c1-19(10-12-3-5-13(18)6-4-12)14-7-8-15-16(9-14)22-11-17(21)20(15)2/h3-9H,10-11H2,1-2H3. The molecule has 4 nitrogen and oxygen atoms in total. The molecule has 0 unspecified atom stereocenters. The van der Waals surface area contributed by atoms with E-state index in [0.717, 1.165) is 16.9 Å². The summed E-state index contributed by atoms with van der Waals surface area (Å²) in [5.41, 5.74) is 2.77. The second-order valence-corrected chi connectivity index (χ2v) is 5.38. The Morgan fingerprint density at radius 1 is 1.23 bits per heavy atom. The summed E-state index contributed by atoms with van der Waals surface area (Å²) in [6.07, 6.45) is 0. The van der Waals surface area contributed by atoms with Crippen LogP contribution in [0.3, 0.4) is 0 Å². The van der Waals surface area contributed by atoms with Crippen LogP contribution in [0.1, 0.15) is 5.56 Å². The Kier molecular flexibility index (Phi) is 3.71. The van der Waals surface area contributed by atoms with Crippen LogP contribution >= 0.6 is 0 Å². The van der Waals surface area contributed by atoms with Gasteiger partial charge in [-0.15, -0.1) is 0 Å². The summed E-state index contributed by atoms with van der Waals surface area (Å²) in [5, 5.41) is 0. The van der Waals surface area contributed by atoms with Gasteiger partial charge in [-0.25, -0.2) is 4.39 Å². The number of rotatable bonds is 3. The summed E-state index contributed by atoms with van der Waals surface area (Å²) in [5.74, 6) is 0.409. The molecular formula is C17H17FN2O2. The topological polar surface area (TPSA) is 32.8 Å². The second-order valence-electron chi connectivity index (χ2n) is 5.38. The van der Waals surface area contributed by atoms with E-state index in [0.29, 0.717) is 12.3 Å². The van der Waals surface area contributed by atoms with Crippen molar-refractivity contribution in [1.29, 1.82) is 0 Å². The van der Waals surface area contributed by atoms with Gasteiger partial charge in [-0.3, -0.25) is 4.79 Å². The van der Waals surface area contributed by atoms with Crippen molar-refractivity contribution >= 4 is 17.3 Å². The number of carbonyl (C=O) groups is 1. The SMILES string of the molecule is CN(Cc1ccc(F)cc1)c1ccc2c(c1)OCC(=O)N2C. The Hall–Kier alpha value is -2.56. The number of halogens is 1. The van der Waals surface area contributed by atoms with Crippen LogP contribution < -0.4 is 14.5 Å². The molecule has 0 aliphatic carbocycles. The molecule has 0 aromatic heterocycles. The molecule has 0 atom stereocenters. The van der Waals surface area contributed by atoms with Crippen LogP contribution in [0.4, 0.5) is 15.8 Å². The van der Waals surface area contributed by atoms with Gasteiger partial charge in [0.25, 0.3) is 5.91 Å². The highest BCUT2D eigenvalue weighted by molar-refractivity contribution is 5.97. The number of anilines is 2. The molecule has 1 amide bonds. The Balaban J connectivity index is 1.80.